The van der Waals surface area contributed by atoms with Crippen LogP contribution >= 0.6 is 15.9 Å². The fourth-order valence-corrected chi connectivity index (χ4v) is 1.80. The summed E-state index contributed by atoms with van der Waals surface area (Å²) in [7, 11) is 0. The fourth-order valence-electron chi connectivity index (χ4n) is 1.41. The Morgan fingerprint density at radius 3 is 2.47 bits per heavy atom. The Bertz CT molecular complexity index is 626. The number of nitrogens with zero attached hydrogens (tertiary/aromatic N) is 1. The molecule has 0 aliphatic rings. The Labute approximate surface area is 117 Å². The van der Waals surface area contributed by atoms with Crippen LogP contribution in [0.3, 0.4) is 0 Å². The quantitative estimate of drug-likeness (QED) is 0.911. The zero-order chi connectivity index (χ0) is 13.8. The second-order valence-corrected chi connectivity index (χ2v) is 4.53. The van der Waals surface area contributed by atoms with E-state index in [9.17, 15) is 9.59 Å². The summed E-state index contributed by atoms with van der Waals surface area (Å²) in [6.07, 6.45) is 1.23. The number of pyridine rings is 1. The number of carbonyl (C=O) groups excluding carboxylic acids is 1. The molecular weight excluding hydrogens is 312 g/mol. The predicted octanol–water partition coefficient (Wildman–Crippen LogP) is 2.79. The molecule has 5 nitrogen and oxygen atoms in total. The molecule has 96 valence electrons. The van der Waals surface area contributed by atoms with Gasteiger partial charge in [0.05, 0.1) is 11.3 Å². The van der Waals surface area contributed by atoms with Crippen molar-refractivity contribution in [3.05, 3.63) is 58.3 Å². The maximum Gasteiger partial charge on any atom is 0.354 e. The van der Waals surface area contributed by atoms with Gasteiger partial charge in [-0.15, -0.1) is 0 Å². The van der Waals surface area contributed by atoms with Crippen molar-refractivity contribution in [1.29, 1.82) is 0 Å². The number of rotatable bonds is 3. The van der Waals surface area contributed by atoms with Crippen LogP contribution in [-0.2, 0) is 0 Å². The molecule has 0 saturated heterocycles. The lowest BCUT2D eigenvalue weighted by molar-refractivity contribution is 0.0690. The van der Waals surface area contributed by atoms with Crippen molar-refractivity contribution in [3.8, 4) is 0 Å². The van der Waals surface area contributed by atoms with E-state index in [1.165, 1.54) is 18.3 Å². The molecule has 1 heterocycles. The van der Waals surface area contributed by atoms with Gasteiger partial charge in [-0.05, 0) is 40.2 Å². The van der Waals surface area contributed by atoms with Crippen LogP contribution < -0.4 is 5.32 Å². The van der Waals surface area contributed by atoms with Crippen LogP contribution in [0.1, 0.15) is 20.8 Å². The summed E-state index contributed by atoms with van der Waals surface area (Å²) in [5.74, 6) is -1.48. The van der Waals surface area contributed by atoms with Gasteiger partial charge >= 0.3 is 5.97 Å². The number of anilines is 1. The highest BCUT2D eigenvalue weighted by molar-refractivity contribution is 9.10. The molecule has 2 rings (SSSR count). The van der Waals surface area contributed by atoms with Gasteiger partial charge in [-0.3, -0.25) is 4.79 Å². The minimum absolute atomic E-state index is 0.0996. The van der Waals surface area contributed by atoms with Gasteiger partial charge in [0.1, 0.15) is 5.69 Å². The largest absolute Gasteiger partial charge is 0.477 e. The second-order valence-electron chi connectivity index (χ2n) is 3.67. The number of carboxylic acid groups (broad SMARTS) is 1. The third kappa shape index (κ3) is 3.17. The van der Waals surface area contributed by atoms with Gasteiger partial charge in [0.2, 0.25) is 0 Å². The molecule has 19 heavy (non-hydrogen) atoms. The van der Waals surface area contributed by atoms with Crippen LogP contribution in [0.25, 0.3) is 0 Å². The Kier molecular flexibility index (Phi) is 3.91. The van der Waals surface area contributed by atoms with Crippen molar-refractivity contribution in [3.63, 3.8) is 0 Å². The molecular formula is C13H9BrN2O3. The Hall–Kier alpha value is -2.21. The highest BCUT2D eigenvalue weighted by Gasteiger charge is 2.10. The van der Waals surface area contributed by atoms with Gasteiger partial charge in [-0.1, -0.05) is 12.1 Å². The number of hydrogen-bond acceptors (Lipinski definition) is 3. The molecule has 2 N–H and O–H groups in total. The molecule has 0 radical (unpaired) electrons. The number of carboxylic acids is 1. The normalized spacial score (nSPS) is 9.95. The van der Waals surface area contributed by atoms with Gasteiger partial charge in [0, 0.05) is 10.7 Å². The average molecular weight is 321 g/mol. The van der Waals surface area contributed by atoms with Crippen molar-refractivity contribution in [2.45, 2.75) is 0 Å². The minimum Gasteiger partial charge on any atom is -0.477 e. The first-order chi connectivity index (χ1) is 9.08. The second kappa shape index (κ2) is 5.62. The van der Waals surface area contributed by atoms with E-state index in [4.69, 9.17) is 5.11 Å². The first-order valence-corrected chi connectivity index (χ1v) is 6.12. The maximum atomic E-state index is 11.9. The molecule has 2 aromatic rings. The molecule has 0 aliphatic carbocycles. The van der Waals surface area contributed by atoms with Gasteiger partial charge in [0.25, 0.3) is 5.91 Å². The zero-order valence-electron chi connectivity index (χ0n) is 9.63. The first kappa shape index (κ1) is 13.2. The number of para-hydroxylation sites is 1. The van der Waals surface area contributed by atoms with E-state index in [0.717, 1.165) is 4.47 Å². The number of carbonyl (C=O) groups is 2. The number of halogens is 1. The van der Waals surface area contributed by atoms with Crippen LogP contribution in [-0.4, -0.2) is 22.0 Å². The van der Waals surface area contributed by atoms with Gasteiger partial charge < -0.3 is 10.4 Å². The van der Waals surface area contributed by atoms with Crippen LogP contribution in [0.5, 0.6) is 0 Å². The van der Waals surface area contributed by atoms with Crippen molar-refractivity contribution in [1.82, 2.24) is 4.98 Å². The third-order valence-electron chi connectivity index (χ3n) is 2.37. The molecule has 0 atom stereocenters. The van der Waals surface area contributed by atoms with Crippen LogP contribution in [0.15, 0.2) is 47.1 Å². The van der Waals surface area contributed by atoms with Crippen LogP contribution in [0, 0.1) is 0 Å². The van der Waals surface area contributed by atoms with Gasteiger partial charge in [-0.2, -0.15) is 0 Å². The average Bonchev–Trinajstić information content (AvgIpc) is 2.41. The SMILES string of the molecule is O=C(Nc1ccccc1Br)c1ccc(C(=O)O)nc1. The van der Waals surface area contributed by atoms with E-state index >= 15 is 0 Å². The van der Waals surface area contributed by atoms with E-state index in [0.29, 0.717) is 11.3 Å². The lowest BCUT2D eigenvalue weighted by Crippen LogP contribution is -2.13. The fraction of sp³-hybridized carbons (Fsp3) is 0. The summed E-state index contributed by atoms with van der Waals surface area (Å²) < 4.78 is 0.762. The van der Waals surface area contributed by atoms with Crippen molar-refractivity contribution in [2.75, 3.05) is 5.32 Å². The number of nitrogens with one attached hydrogen (secondary N) is 1. The zero-order valence-corrected chi connectivity index (χ0v) is 11.2. The van der Waals surface area contributed by atoms with Crippen LogP contribution in [0.2, 0.25) is 0 Å². The molecule has 0 bridgehead atoms. The summed E-state index contributed by atoms with van der Waals surface area (Å²) >= 11 is 3.32. The predicted molar refractivity (Wildman–Crippen MR) is 73.3 cm³/mol. The summed E-state index contributed by atoms with van der Waals surface area (Å²) in [5.41, 5.74) is 0.827. The van der Waals surface area contributed by atoms with Gasteiger partial charge in [-0.25, -0.2) is 9.78 Å². The Morgan fingerprint density at radius 1 is 1.16 bits per heavy atom. The third-order valence-corrected chi connectivity index (χ3v) is 3.06. The monoisotopic (exact) mass is 320 g/mol. The lowest BCUT2D eigenvalue weighted by atomic mass is 10.2. The van der Waals surface area contributed by atoms with Crippen molar-refractivity contribution >= 4 is 33.5 Å². The molecule has 0 aliphatic heterocycles. The summed E-state index contributed by atoms with van der Waals surface area (Å²) in [4.78, 5) is 26.3. The number of aromatic nitrogens is 1. The molecule has 0 unspecified atom stereocenters. The van der Waals surface area contributed by atoms with Crippen molar-refractivity contribution < 1.29 is 14.7 Å². The minimum atomic E-state index is -1.13. The topological polar surface area (TPSA) is 79.3 Å². The lowest BCUT2D eigenvalue weighted by Gasteiger charge is -2.06. The van der Waals surface area contributed by atoms with E-state index in [1.807, 2.05) is 6.07 Å². The number of amides is 1. The number of aromatic carboxylic acids is 1. The van der Waals surface area contributed by atoms with E-state index in [2.05, 4.69) is 26.2 Å². The molecule has 6 heteroatoms. The number of benzene rings is 1. The molecule has 0 fully saturated rings. The van der Waals surface area contributed by atoms with E-state index < -0.39 is 5.97 Å². The first-order valence-electron chi connectivity index (χ1n) is 5.33. The standard InChI is InChI=1S/C13H9BrN2O3/c14-9-3-1-2-4-10(9)16-12(17)8-5-6-11(13(18)19)15-7-8/h1-7H,(H,16,17)(H,18,19). The molecule has 1 aromatic heterocycles. The smallest absolute Gasteiger partial charge is 0.354 e. The maximum absolute atomic E-state index is 11.9. The molecule has 1 amide bonds. The van der Waals surface area contributed by atoms with Crippen molar-refractivity contribution in [2.24, 2.45) is 0 Å². The van der Waals surface area contributed by atoms with E-state index in [-0.39, 0.29) is 11.6 Å². The van der Waals surface area contributed by atoms with Gasteiger partial charge in [0.15, 0.2) is 0 Å². The summed E-state index contributed by atoms with van der Waals surface area (Å²) in [6.45, 7) is 0. The molecule has 0 spiro atoms. The van der Waals surface area contributed by atoms with Crippen LogP contribution in [0.4, 0.5) is 5.69 Å². The highest BCUT2D eigenvalue weighted by atomic mass is 79.9. The Morgan fingerprint density at radius 2 is 1.89 bits per heavy atom. The summed E-state index contributed by atoms with van der Waals surface area (Å²) in [6, 6.07) is 9.90. The van der Waals surface area contributed by atoms with E-state index in [1.54, 1.807) is 18.2 Å². The summed E-state index contributed by atoms with van der Waals surface area (Å²) in [5, 5.41) is 11.4. The molecule has 1 aromatic carbocycles. The Balaban J connectivity index is 2.16. The number of hydrogen-bond donors (Lipinski definition) is 2. The molecule has 0 saturated carbocycles. The highest BCUT2D eigenvalue weighted by Crippen LogP contribution is 2.21.